The van der Waals surface area contributed by atoms with Gasteiger partial charge in [0.25, 0.3) is 0 Å². The molecule has 1 unspecified atom stereocenters. The van der Waals surface area contributed by atoms with Crippen LogP contribution in [0.2, 0.25) is 0 Å². The minimum atomic E-state index is -0.458. The summed E-state index contributed by atoms with van der Waals surface area (Å²) in [6, 6.07) is 5.67. The number of rotatable bonds is 9. The molecule has 10 nitrogen and oxygen atoms in total. The monoisotopic (exact) mass is 441 g/mol. The number of benzene rings is 1. The van der Waals surface area contributed by atoms with E-state index >= 15 is 0 Å². The molecule has 1 saturated heterocycles. The maximum absolute atomic E-state index is 13.1. The maximum atomic E-state index is 13.1. The summed E-state index contributed by atoms with van der Waals surface area (Å²) in [5.41, 5.74) is 1.25. The van der Waals surface area contributed by atoms with Crippen LogP contribution in [0.5, 0.6) is 0 Å². The summed E-state index contributed by atoms with van der Waals surface area (Å²) >= 11 is 0. The Kier molecular flexibility index (Phi) is 6.55. The van der Waals surface area contributed by atoms with Gasteiger partial charge in [0.15, 0.2) is 5.65 Å². The molecular weight excluding hydrogens is 417 g/mol. The highest BCUT2D eigenvalue weighted by Crippen LogP contribution is 2.25. The van der Waals surface area contributed by atoms with Gasteiger partial charge in [0.05, 0.1) is 30.7 Å². The number of carbonyl (C=O) groups excluding carboxylic acids is 2. The van der Waals surface area contributed by atoms with Crippen molar-refractivity contribution in [2.45, 2.75) is 13.0 Å². The third kappa shape index (κ3) is 4.67. The van der Waals surface area contributed by atoms with Crippen LogP contribution in [-0.2, 0) is 20.9 Å². The summed E-state index contributed by atoms with van der Waals surface area (Å²) in [6.45, 7) is 2.19. The van der Waals surface area contributed by atoms with Gasteiger partial charge in [-0.3, -0.25) is 9.59 Å². The van der Waals surface area contributed by atoms with Crippen LogP contribution in [0.3, 0.4) is 0 Å². The predicted octanol–water partition coefficient (Wildman–Crippen LogP) is 1.19. The van der Waals surface area contributed by atoms with Crippen LogP contribution in [0.15, 0.2) is 36.8 Å². The van der Waals surface area contributed by atoms with E-state index in [-0.39, 0.29) is 30.6 Å². The summed E-state index contributed by atoms with van der Waals surface area (Å²) in [5.74, 6) is -0.506. The number of aromatic nitrogens is 4. The van der Waals surface area contributed by atoms with Crippen molar-refractivity contribution in [1.29, 1.82) is 0 Å². The molecule has 4 rings (SSSR count). The molecule has 32 heavy (non-hydrogen) atoms. The first-order valence-corrected chi connectivity index (χ1v) is 10.3. The van der Waals surface area contributed by atoms with E-state index in [1.165, 1.54) is 35.5 Å². The van der Waals surface area contributed by atoms with E-state index in [0.717, 1.165) is 5.39 Å². The van der Waals surface area contributed by atoms with E-state index < -0.39 is 5.92 Å². The van der Waals surface area contributed by atoms with E-state index in [1.807, 2.05) is 0 Å². The van der Waals surface area contributed by atoms with Crippen molar-refractivity contribution in [3.63, 3.8) is 0 Å². The van der Waals surface area contributed by atoms with Crippen LogP contribution >= 0.6 is 0 Å². The number of hydrogen-bond acceptors (Lipinski definition) is 7. The van der Waals surface area contributed by atoms with Gasteiger partial charge in [-0.1, -0.05) is 0 Å². The maximum Gasteiger partial charge on any atom is 0.227 e. The van der Waals surface area contributed by atoms with Crippen molar-refractivity contribution in [3.05, 3.63) is 42.6 Å². The van der Waals surface area contributed by atoms with Gasteiger partial charge in [-0.15, -0.1) is 0 Å². The van der Waals surface area contributed by atoms with Crippen molar-refractivity contribution in [2.75, 3.05) is 43.6 Å². The lowest BCUT2D eigenvalue weighted by Gasteiger charge is -2.16. The summed E-state index contributed by atoms with van der Waals surface area (Å²) in [7, 11) is 1.63. The Morgan fingerprint density at radius 3 is 2.84 bits per heavy atom. The molecule has 2 amide bonds. The highest BCUT2D eigenvalue weighted by molar-refractivity contribution is 6.00. The largest absolute Gasteiger partial charge is 0.383 e. The second-order valence-electron chi connectivity index (χ2n) is 7.42. The fourth-order valence-electron chi connectivity index (χ4n) is 3.65. The second kappa shape index (κ2) is 9.69. The van der Waals surface area contributed by atoms with Gasteiger partial charge in [0.2, 0.25) is 11.8 Å². The molecule has 1 aliphatic heterocycles. The number of amides is 2. The van der Waals surface area contributed by atoms with Crippen LogP contribution in [-0.4, -0.2) is 64.9 Å². The first-order valence-electron chi connectivity index (χ1n) is 10.3. The van der Waals surface area contributed by atoms with E-state index in [2.05, 4.69) is 25.7 Å². The number of nitrogens with one attached hydrogen (secondary N) is 2. The standard InChI is InChI=1S/C21H24FN7O3/c1-32-9-7-23-19-17-11-27-29(20(17)26-13-25-19)8-6-24-21(31)14-10-18(30)28(12-14)16-4-2-15(22)3-5-16/h2-5,11,13-14H,6-10,12H2,1H3,(H,24,31)(H,23,25,26). The molecule has 0 bridgehead atoms. The highest BCUT2D eigenvalue weighted by Gasteiger charge is 2.35. The van der Waals surface area contributed by atoms with E-state index in [1.54, 1.807) is 18.0 Å². The van der Waals surface area contributed by atoms with Crippen LogP contribution in [0, 0.1) is 11.7 Å². The number of halogens is 1. The lowest BCUT2D eigenvalue weighted by atomic mass is 10.1. The lowest BCUT2D eigenvalue weighted by molar-refractivity contribution is -0.126. The van der Waals surface area contributed by atoms with Gasteiger partial charge in [-0.05, 0) is 24.3 Å². The molecule has 11 heteroatoms. The molecule has 1 aromatic carbocycles. The normalized spacial score (nSPS) is 16.0. The Labute approximate surface area is 183 Å². The molecule has 168 valence electrons. The highest BCUT2D eigenvalue weighted by atomic mass is 19.1. The van der Waals surface area contributed by atoms with Crippen molar-refractivity contribution in [2.24, 2.45) is 5.92 Å². The summed E-state index contributed by atoms with van der Waals surface area (Å²) < 4.78 is 19.9. The molecule has 0 saturated carbocycles. The predicted molar refractivity (Wildman–Crippen MR) is 116 cm³/mol. The molecule has 1 fully saturated rings. The first-order chi connectivity index (χ1) is 15.6. The summed E-state index contributed by atoms with van der Waals surface area (Å²) in [4.78, 5) is 34.9. The van der Waals surface area contributed by atoms with Crippen molar-refractivity contribution in [3.8, 4) is 0 Å². The molecule has 2 aromatic heterocycles. The van der Waals surface area contributed by atoms with Gasteiger partial charge < -0.3 is 20.3 Å². The summed E-state index contributed by atoms with van der Waals surface area (Å²) in [6.07, 6.45) is 3.27. The molecule has 1 atom stereocenters. The topological polar surface area (TPSA) is 114 Å². The number of anilines is 2. The number of methoxy groups -OCH3 is 1. The average Bonchev–Trinajstić information content (AvgIpc) is 3.39. The quantitative estimate of drug-likeness (QED) is 0.480. The molecule has 0 spiro atoms. The Morgan fingerprint density at radius 1 is 1.25 bits per heavy atom. The molecule has 0 radical (unpaired) electrons. The molecular formula is C21H24FN7O3. The average molecular weight is 441 g/mol. The molecule has 0 aliphatic carbocycles. The Bertz CT molecular complexity index is 1100. The van der Waals surface area contributed by atoms with Gasteiger partial charge in [0.1, 0.15) is 18.0 Å². The van der Waals surface area contributed by atoms with E-state index in [4.69, 9.17) is 4.74 Å². The van der Waals surface area contributed by atoms with Gasteiger partial charge in [-0.2, -0.15) is 5.10 Å². The SMILES string of the molecule is COCCNc1ncnc2c1cnn2CCNC(=O)C1CC(=O)N(c2ccc(F)cc2)C1. The Balaban J connectivity index is 1.32. The van der Waals surface area contributed by atoms with Crippen LogP contribution in [0.25, 0.3) is 11.0 Å². The molecule has 1 aliphatic rings. The van der Waals surface area contributed by atoms with Crippen LogP contribution < -0.4 is 15.5 Å². The van der Waals surface area contributed by atoms with Gasteiger partial charge >= 0.3 is 0 Å². The van der Waals surface area contributed by atoms with Crippen molar-refractivity contribution >= 4 is 34.4 Å². The van der Waals surface area contributed by atoms with Gasteiger partial charge in [-0.25, -0.2) is 19.0 Å². The number of fused-ring (bicyclic) bond motifs is 1. The minimum absolute atomic E-state index is 0.123. The lowest BCUT2D eigenvalue weighted by Crippen LogP contribution is -2.35. The van der Waals surface area contributed by atoms with Crippen molar-refractivity contribution in [1.82, 2.24) is 25.1 Å². The number of ether oxygens (including phenoxy) is 1. The van der Waals surface area contributed by atoms with E-state index in [9.17, 15) is 14.0 Å². The zero-order valence-corrected chi connectivity index (χ0v) is 17.6. The fourth-order valence-corrected chi connectivity index (χ4v) is 3.65. The zero-order valence-electron chi connectivity index (χ0n) is 17.6. The smallest absolute Gasteiger partial charge is 0.227 e. The number of carbonyl (C=O) groups is 2. The Morgan fingerprint density at radius 2 is 2.06 bits per heavy atom. The first kappa shape index (κ1) is 21.6. The molecule has 3 aromatic rings. The van der Waals surface area contributed by atoms with Crippen LogP contribution in [0.1, 0.15) is 6.42 Å². The molecule has 3 heterocycles. The Hall–Kier alpha value is -3.60. The summed E-state index contributed by atoms with van der Waals surface area (Å²) in [5, 5.41) is 11.2. The number of nitrogens with zero attached hydrogens (tertiary/aromatic N) is 5. The third-order valence-corrected chi connectivity index (χ3v) is 5.29. The minimum Gasteiger partial charge on any atom is -0.383 e. The molecule has 2 N–H and O–H groups in total. The fraction of sp³-hybridized carbons (Fsp3) is 0.381. The van der Waals surface area contributed by atoms with Crippen LogP contribution in [0.4, 0.5) is 15.9 Å². The third-order valence-electron chi connectivity index (χ3n) is 5.29. The van der Waals surface area contributed by atoms with Crippen molar-refractivity contribution < 1.29 is 18.7 Å². The zero-order chi connectivity index (χ0) is 22.5. The second-order valence-corrected chi connectivity index (χ2v) is 7.42. The number of hydrogen-bond donors (Lipinski definition) is 2. The van der Waals surface area contributed by atoms with E-state index in [0.29, 0.717) is 43.4 Å². The van der Waals surface area contributed by atoms with Gasteiger partial charge in [0, 0.05) is 38.9 Å².